The molecule has 1 saturated heterocycles. The average Bonchev–Trinajstić information content (AvgIpc) is 3.47. The van der Waals surface area contributed by atoms with Crippen molar-refractivity contribution in [3.63, 3.8) is 0 Å². The highest BCUT2D eigenvalue weighted by Crippen LogP contribution is 2.38. The molecule has 0 saturated carbocycles. The average molecular weight is 544 g/mol. The van der Waals surface area contributed by atoms with Crippen molar-refractivity contribution in [2.45, 2.75) is 76.8 Å². The van der Waals surface area contributed by atoms with Crippen molar-refractivity contribution in [3.05, 3.63) is 76.9 Å². The molecule has 1 aliphatic carbocycles. The van der Waals surface area contributed by atoms with Gasteiger partial charge >= 0.3 is 6.09 Å². The number of aromatic nitrogens is 2. The van der Waals surface area contributed by atoms with Gasteiger partial charge in [-0.15, -0.1) is 0 Å². The zero-order valence-electron chi connectivity index (χ0n) is 22.6. The SMILES string of the molecule is CC(C)(C)OC(=O)NC1CC(N2Cc3cn[nH]c3C2)CN(CCc2ccccc2F)[C@@H]1C1CC(F)=CC=C1F. The van der Waals surface area contributed by atoms with Crippen LogP contribution in [0.5, 0.6) is 0 Å². The third-order valence-corrected chi connectivity index (χ3v) is 7.80. The molecule has 1 aromatic heterocycles. The molecule has 1 fully saturated rings. The van der Waals surface area contributed by atoms with E-state index in [1.165, 1.54) is 12.1 Å². The minimum atomic E-state index is -0.785. The van der Waals surface area contributed by atoms with Crippen LogP contribution in [0.15, 0.2) is 54.3 Å². The molecule has 1 aromatic carbocycles. The quantitative estimate of drug-likeness (QED) is 0.526. The highest BCUT2D eigenvalue weighted by molar-refractivity contribution is 5.68. The van der Waals surface area contributed by atoms with Gasteiger partial charge in [0.15, 0.2) is 0 Å². The molecule has 3 aliphatic rings. The normalized spacial score (nSPS) is 26.1. The standard InChI is InChI=1S/C29H36F3N5O2/c1-29(2,3)39-28(38)34-25-13-21(37-15-19-14-33-35-26(19)17-37)16-36(11-10-18-6-4-5-7-23(18)31)27(25)22-12-20(30)8-9-24(22)32/h4-9,14,21-22,25,27H,10-13,15-17H2,1-3H3,(H,33,35)(H,34,38)/t21?,22?,25?,27-/m1/s1. The van der Waals surface area contributed by atoms with E-state index in [2.05, 4.69) is 25.3 Å². The van der Waals surface area contributed by atoms with Crippen LogP contribution in [0, 0.1) is 11.7 Å². The fraction of sp³-hybridized carbons (Fsp3) is 0.517. The Morgan fingerprint density at radius 2 is 1.97 bits per heavy atom. The molecule has 2 N–H and O–H groups in total. The van der Waals surface area contributed by atoms with Crippen LogP contribution in [0.3, 0.4) is 0 Å². The Labute approximate surface area is 227 Å². The lowest BCUT2D eigenvalue weighted by molar-refractivity contribution is 0.00176. The zero-order chi connectivity index (χ0) is 27.7. The highest BCUT2D eigenvalue weighted by Gasteiger charge is 2.46. The molecule has 0 radical (unpaired) electrons. The Morgan fingerprint density at radius 3 is 2.72 bits per heavy atom. The zero-order valence-corrected chi connectivity index (χ0v) is 22.6. The Hall–Kier alpha value is -3.11. The van der Waals surface area contributed by atoms with Gasteiger partial charge in [-0.2, -0.15) is 5.10 Å². The second kappa shape index (κ2) is 11.2. The predicted octanol–water partition coefficient (Wildman–Crippen LogP) is 5.17. The number of fused-ring (bicyclic) bond motifs is 1. The molecule has 2 aliphatic heterocycles. The van der Waals surface area contributed by atoms with Crippen LogP contribution in [0.4, 0.5) is 18.0 Å². The number of amides is 1. The number of piperidine rings is 1. The summed E-state index contributed by atoms with van der Waals surface area (Å²) in [5, 5.41) is 10.2. The van der Waals surface area contributed by atoms with Crippen LogP contribution in [0.1, 0.15) is 50.4 Å². The smallest absolute Gasteiger partial charge is 0.407 e. The second-order valence-electron chi connectivity index (χ2n) is 11.7. The molecule has 210 valence electrons. The number of H-pyrrole nitrogens is 1. The van der Waals surface area contributed by atoms with Gasteiger partial charge in [-0.3, -0.25) is 14.9 Å². The molecule has 3 unspecified atom stereocenters. The van der Waals surface area contributed by atoms with E-state index in [0.29, 0.717) is 44.6 Å². The number of likely N-dealkylation sites (tertiary alicyclic amines) is 1. The number of hydrogen-bond donors (Lipinski definition) is 2. The van der Waals surface area contributed by atoms with Gasteiger partial charge in [-0.1, -0.05) is 18.2 Å². The minimum Gasteiger partial charge on any atom is -0.444 e. The number of nitrogens with zero attached hydrogens (tertiary/aromatic N) is 3. The first-order valence-corrected chi connectivity index (χ1v) is 13.5. The van der Waals surface area contributed by atoms with Crippen LogP contribution < -0.4 is 5.32 Å². The largest absolute Gasteiger partial charge is 0.444 e. The molecule has 3 heterocycles. The highest BCUT2D eigenvalue weighted by atomic mass is 19.1. The lowest BCUT2D eigenvalue weighted by Gasteiger charge is -2.50. The van der Waals surface area contributed by atoms with Gasteiger partial charge in [0.25, 0.3) is 0 Å². The number of rotatable bonds is 6. The number of nitrogens with one attached hydrogen (secondary N) is 2. The third kappa shape index (κ3) is 6.38. The predicted molar refractivity (Wildman–Crippen MR) is 141 cm³/mol. The van der Waals surface area contributed by atoms with Gasteiger partial charge in [0.2, 0.25) is 0 Å². The van der Waals surface area contributed by atoms with Gasteiger partial charge in [0.05, 0.1) is 11.9 Å². The summed E-state index contributed by atoms with van der Waals surface area (Å²) < 4.78 is 49.9. The van der Waals surface area contributed by atoms with E-state index in [9.17, 15) is 13.6 Å². The van der Waals surface area contributed by atoms with E-state index in [0.717, 1.165) is 17.3 Å². The fourth-order valence-electron chi connectivity index (χ4n) is 6.06. The van der Waals surface area contributed by atoms with Crippen molar-refractivity contribution in [3.8, 4) is 0 Å². The van der Waals surface area contributed by atoms with Gasteiger partial charge < -0.3 is 10.1 Å². The van der Waals surface area contributed by atoms with E-state index in [1.807, 2.05) is 6.20 Å². The molecular weight excluding hydrogens is 507 g/mol. The number of halogens is 3. The Morgan fingerprint density at radius 1 is 1.18 bits per heavy atom. The van der Waals surface area contributed by atoms with Crippen LogP contribution >= 0.6 is 0 Å². The minimum absolute atomic E-state index is 0.0126. The summed E-state index contributed by atoms with van der Waals surface area (Å²) in [4.78, 5) is 17.4. The van der Waals surface area contributed by atoms with Crippen molar-refractivity contribution in [1.82, 2.24) is 25.3 Å². The first-order valence-electron chi connectivity index (χ1n) is 13.5. The first kappa shape index (κ1) is 27.5. The molecule has 10 heteroatoms. The molecule has 1 amide bonds. The number of hydrogen-bond acceptors (Lipinski definition) is 5. The number of carbonyl (C=O) groups excluding carboxylic acids is 1. The summed E-state index contributed by atoms with van der Waals surface area (Å²) in [6.07, 6.45) is 4.39. The van der Waals surface area contributed by atoms with E-state index in [4.69, 9.17) is 4.74 Å². The maximum atomic E-state index is 15.3. The van der Waals surface area contributed by atoms with Crippen molar-refractivity contribution >= 4 is 6.09 Å². The van der Waals surface area contributed by atoms with Crippen molar-refractivity contribution in [1.29, 1.82) is 0 Å². The maximum absolute atomic E-state index is 15.3. The second-order valence-corrected chi connectivity index (χ2v) is 11.7. The number of ether oxygens (including phenoxy) is 1. The lowest BCUT2D eigenvalue weighted by atomic mass is 9.79. The van der Waals surface area contributed by atoms with Crippen molar-refractivity contribution in [2.24, 2.45) is 5.92 Å². The molecule has 5 rings (SSSR count). The molecule has 39 heavy (non-hydrogen) atoms. The summed E-state index contributed by atoms with van der Waals surface area (Å²) in [6, 6.07) is 5.55. The van der Waals surface area contributed by atoms with Gasteiger partial charge in [-0.05, 0) is 57.4 Å². The third-order valence-electron chi connectivity index (χ3n) is 7.80. The van der Waals surface area contributed by atoms with Gasteiger partial charge in [0.1, 0.15) is 23.1 Å². The van der Waals surface area contributed by atoms with Crippen molar-refractivity contribution in [2.75, 3.05) is 13.1 Å². The summed E-state index contributed by atoms with van der Waals surface area (Å²) in [6.45, 7) is 7.72. The molecule has 2 aromatic rings. The summed E-state index contributed by atoms with van der Waals surface area (Å²) in [7, 11) is 0. The first-order chi connectivity index (χ1) is 18.6. The summed E-state index contributed by atoms with van der Waals surface area (Å²) >= 11 is 0. The maximum Gasteiger partial charge on any atom is 0.407 e. The summed E-state index contributed by atoms with van der Waals surface area (Å²) in [5.74, 6) is -1.91. The van der Waals surface area contributed by atoms with E-state index in [1.54, 1.807) is 39.0 Å². The molecular formula is C29H36F3N5O2. The molecule has 0 spiro atoms. The number of allylic oxidation sites excluding steroid dienone is 3. The monoisotopic (exact) mass is 543 g/mol. The number of aromatic amines is 1. The number of alkyl carbamates (subject to hydrolysis) is 1. The number of carbonyl (C=O) groups is 1. The van der Waals surface area contributed by atoms with Gasteiger partial charge in [-0.25, -0.2) is 18.0 Å². The van der Waals surface area contributed by atoms with E-state index >= 15 is 4.39 Å². The van der Waals surface area contributed by atoms with Gasteiger partial charge in [0, 0.05) is 62.2 Å². The fourth-order valence-corrected chi connectivity index (χ4v) is 6.06. The number of benzene rings is 1. The summed E-state index contributed by atoms with van der Waals surface area (Å²) in [5.41, 5.74) is 2.02. The Kier molecular flexibility index (Phi) is 7.87. The molecule has 4 atom stereocenters. The van der Waals surface area contributed by atoms with Crippen LogP contribution in [-0.2, 0) is 24.2 Å². The van der Waals surface area contributed by atoms with E-state index < -0.39 is 41.3 Å². The van der Waals surface area contributed by atoms with Crippen LogP contribution in [0.25, 0.3) is 0 Å². The molecule has 0 bridgehead atoms. The Bertz CT molecular complexity index is 1230. The topological polar surface area (TPSA) is 73.5 Å². The van der Waals surface area contributed by atoms with Crippen LogP contribution in [0.2, 0.25) is 0 Å². The van der Waals surface area contributed by atoms with E-state index in [-0.39, 0.29) is 18.3 Å². The van der Waals surface area contributed by atoms with Crippen LogP contribution in [-0.4, -0.2) is 62.9 Å². The van der Waals surface area contributed by atoms with Crippen molar-refractivity contribution < 1.29 is 22.7 Å². The molecule has 7 nitrogen and oxygen atoms in total. The lowest BCUT2D eigenvalue weighted by Crippen LogP contribution is -2.64. The Balaban J connectivity index is 1.45.